The molecule has 0 bridgehead atoms. The SMILES string of the molecule is Cc1ccc(Br)cc1C(=O)N1CCCCC1C. The van der Waals surface area contributed by atoms with E-state index in [0.717, 1.165) is 35.0 Å². The number of hydrogen-bond acceptors (Lipinski definition) is 1. The highest BCUT2D eigenvalue weighted by molar-refractivity contribution is 9.10. The molecule has 1 aromatic rings. The van der Waals surface area contributed by atoms with Crippen LogP contribution in [0.15, 0.2) is 22.7 Å². The summed E-state index contributed by atoms with van der Waals surface area (Å²) in [5.74, 6) is 0.177. The Kier molecular flexibility index (Phi) is 3.87. The molecule has 2 rings (SSSR count). The Morgan fingerprint density at radius 1 is 1.41 bits per heavy atom. The van der Waals surface area contributed by atoms with Crippen LogP contribution in [0.1, 0.15) is 42.1 Å². The molecule has 1 unspecified atom stereocenters. The lowest BCUT2D eigenvalue weighted by molar-refractivity contribution is 0.0635. The number of amides is 1. The molecule has 1 atom stereocenters. The van der Waals surface area contributed by atoms with Gasteiger partial charge in [0.15, 0.2) is 0 Å². The molecule has 0 aliphatic carbocycles. The Morgan fingerprint density at radius 3 is 2.88 bits per heavy atom. The van der Waals surface area contributed by atoms with Crippen LogP contribution in [0.2, 0.25) is 0 Å². The average Bonchev–Trinajstić information content (AvgIpc) is 2.32. The van der Waals surface area contributed by atoms with Crippen LogP contribution in [0.25, 0.3) is 0 Å². The molecule has 1 amide bonds. The van der Waals surface area contributed by atoms with Gasteiger partial charge in [-0.1, -0.05) is 22.0 Å². The van der Waals surface area contributed by atoms with Crippen molar-refractivity contribution in [2.75, 3.05) is 6.54 Å². The second-order valence-corrected chi connectivity index (χ2v) is 5.72. The molecule has 1 aliphatic rings. The number of hydrogen-bond donors (Lipinski definition) is 0. The van der Waals surface area contributed by atoms with Gasteiger partial charge in [-0.25, -0.2) is 0 Å². The van der Waals surface area contributed by atoms with Crippen LogP contribution >= 0.6 is 15.9 Å². The molecule has 0 aromatic heterocycles. The van der Waals surface area contributed by atoms with Crippen LogP contribution in [0.4, 0.5) is 0 Å². The average molecular weight is 296 g/mol. The summed E-state index contributed by atoms with van der Waals surface area (Å²) in [6.07, 6.45) is 3.49. The van der Waals surface area contributed by atoms with Crippen molar-refractivity contribution in [2.45, 2.75) is 39.2 Å². The number of carbonyl (C=O) groups excluding carboxylic acids is 1. The number of rotatable bonds is 1. The summed E-state index contributed by atoms with van der Waals surface area (Å²) in [4.78, 5) is 14.5. The van der Waals surface area contributed by atoms with E-state index in [2.05, 4.69) is 22.9 Å². The molecule has 1 fully saturated rings. The van der Waals surface area contributed by atoms with Crippen molar-refractivity contribution in [1.29, 1.82) is 0 Å². The minimum Gasteiger partial charge on any atom is -0.336 e. The van der Waals surface area contributed by atoms with Crippen LogP contribution in [-0.2, 0) is 0 Å². The Bertz CT molecular complexity index is 430. The molecule has 3 heteroatoms. The van der Waals surface area contributed by atoms with Crippen molar-refractivity contribution in [3.05, 3.63) is 33.8 Å². The molecule has 92 valence electrons. The van der Waals surface area contributed by atoms with Gasteiger partial charge >= 0.3 is 0 Å². The van der Waals surface area contributed by atoms with Crippen LogP contribution in [0.3, 0.4) is 0 Å². The number of piperidine rings is 1. The van der Waals surface area contributed by atoms with Crippen molar-refractivity contribution < 1.29 is 4.79 Å². The standard InChI is InChI=1S/C14H18BrNO/c1-10-6-7-12(15)9-13(10)14(17)16-8-4-3-5-11(16)2/h6-7,9,11H,3-5,8H2,1-2H3. The lowest BCUT2D eigenvalue weighted by Gasteiger charge is -2.33. The topological polar surface area (TPSA) is 20.3 Å². The van der Waals surface area contributed by atoms with Gasteiger partial charge in [-0.05, 0) is 50.8 Å². The van der Waals surface area contributed by atoms with Crippen molar-refractivity contribution in [1.82, 2.24) is 4.90 Å². The number of nitrogens with zero attached hydrogens (tertiary/aromatic N) is 1. The van der Waals surface area contributed by atoms with Crippen molar-refractivity contribution in [3.63, 3.8) is 0 Å². The lowest BCUT2D eigenvalue weighted by atomic mass is 10.0. The van der Waals surface area contributed by atoms with E-state index >= 15 is 0 Å². The third-order valence-corrected chi connectivity index (χ3v) is 3.99. The third kappa shape index (κ3) is 2.71. The molecule has 2 nitrogen and oxygen atoms in total. The first-order valence-electron chi connectivity index (χ1n) is 6.16. The van der Waals surface area contributed by atoms with Gasteiger partial charge in [0.25, 0.3) is 5.91 Å². The Balaban J connectivity index is 2.26. The quantitative estimate of drug-likeness (QED) is 0.772. The molecule has 1 heterocycles. The molecular formula is C14H18BrNO. The monoisotopic (exact) mass is 295 g/mol. The Morgan fingerprint density at radius 2 is 2.18 bits per heavy atom. The minimum absolute atomic E-state index is 0.177. The maximum Gasteiger partial charge on any atom is 0.254 e. The number of likely N-dealkylation sites (tertiary alicyclic amines) is 1. The minimum atomic E-state index is 0.177. The zero-order chi connectivity index (χ0) is 12.4. The molecule has 1 saturated heterocycles. The molecule has 17 heavy (non-hydrogen) atoms. The van der Waals surface area contributed by atoms with Gasteiger partial charge < -0.3 is 4.90 Å². The summed E-state index contributed by atoms with van der Waals surface area (Å²) in [5, 5.41) is 0. The number of aryl methyl sites for hydroxylation is 1. The number of benzene rings is 1. The maximum absolute atomic E-state index is 12.5. The summed E-state index contributed by atoms with van der Waals surface area (Å²) >= 11 is 3.43. The first-order chi connectivity index (χ1) is 8.09. The zero-order valence-electron chi connectivity index (χ0n) is 10.4. The van der Waals surface area contributed by atoms with Crippen molar-refractivity contribution in [3.8, 4) is 0 Å². The molecule has 0 saturated carbocycles. The number of halogens is 1. The first kappa shape index (κ1) is 12.6. The van der Waals surface area contributed by atoms with Crippen LogP contribution in [0.5, 0.6) is 0 Å². The second kappa shape index (κ2) is 5.21. The van der Waals surface area contributed by atoms with Crippen LogP contribution in [0, 0.1) is 6.92 Å². The molecule has 0 N–H and O–H groups in total. The van der Waals surface area contributed by atoms with Gasteiger partial charge in [0, 0.05) is 22.6 Å². The summed E-state index contributed by atoms with van der Waals surface area (Å²) in [7, 11) is 0. The fourth-order valence-corrected chi connectivity index (χ4v) is 2.74. The highest BCUT2D eigenvalue weighted by atomic mass is 79.9. The Hall–Kier alpha value is -0.830. The molecule has 0 radical (unpaired) electrons. The van der Waals surface area contributed by atoms with Gasteiger partial charge in [0.1, 0.15) is 0 Å². The predicted molar refractivity (Wildman–Crippen MR) is 73.2 cm³/mol. The lowest BCUT2D eigenvalue weighted by Crippen LogP contribution is -2.42. The van der Waals surface area contributed by atoms with Crippen LogP contribution < -0.4 is 0 Å². The Labute approximate surface area is 111 Å². The molecule has 1 aromatic carbocycles. The van der Waals surface area contributed by atoms with E-state index < -0.39 is 0 Å². The van der Waals surface area contributed by atoms with Gasteiger partial charge in [0.2, 0.25) is 0 Å². The molecular weight excluding hydrogens is 278 g/mol. The van der Waals surface area contributed by atoms with Crippen molar-refractivity contribution >= 4 is 21.8 Å². The largest absolute Gasteiger partial charge is 0.336 e. The summed E-state index contributed by atoms with van der Waals surface area (Å²) in [5.41, 5.74) is 1.88. The fraction of sp³-hybridized carbons (Fsp3) is 0.500. The molecule has 1 aliphatic heterocycles. The fourth-order valence-electron chi connectivity index (χ4n) is 2.38. The van der Waals surface area contributed by atoms with Gasteiger partial charge in [0.05, 0.1) is 0 Å². The normalized spacial score (nSPS) is 20.4. The van der Waals surface area contributed by atoms with E-state index in [9.17, 15) is 4.79 Å². The number of carbonyl (C=O) groups is 1. The summed E-state index contributed by atoms with van der Waals surface area (Å²) in [6, 6.07) is 6.27. The van der Waals surface area contributed by atoms with Gasteiger partial charge in [-0.3, -0.25) is 4.79 Å². The zero-order valence-corrected chi connectivity index (χ0v) is 12.0. The van der Waals surface area contributed by atoms with E-state index in [1.54, 1.807) is 0 Å². The highest BCUT2D eigenvalue weighted by Gasteiger charge is 2.25. The van der Waals surface area contributed by atoms with E-state index in [1.165, 1.54) is 6.42 Å². The maximum atomic E-state index is 12.5. The van der Waals surface area contributed by atoms with E-state index in [0.29, 0.717) is 6.04 Å². The third-order valence-electron chi connectivity index (χ3n) is 3.49. The van der Waals surface area contributed by atoms with Gasteiger partial charge in [-0.2, -0.15) is 0 Å². The second-order valence-electron chi connectivity index (χ2n) is 4.80. The van der Waals surface area contributed by atoms with Gasteiger partial charge in [-0.15, -0.1) is 0 Å². The summed E-state index contributed by atoms with van der Waals surface area (Å²) in [6.45, 7) is 5.03. The first-order valence-corrected chi connectivity index (χ1v) is 6.96. The van der Waals surface area contributed by atoms with Crippen LogP contribution in [-0.4, -0.2) is 23.4 Å². The van der Waals surface area contributed by atoms with E-state index in [-0.39, 0.29) is 5.91 Å². The smallest absolute Gasteiger partial charge is 0.254 e. The van der Waals surface area contributed by atoms with E-state index in [4.69, 9.17) is 0 Å². The summed E-state index contributed by atoms with van der Waals surface area (Å²) < 4.78 is 0.969. The van der Waals surface area contributed by atoms with E-state index in [1.807, 2.05) is 30.0 Å². The van der Waals surface area contributed by atoms with Crippen molar-refractivity contribution in [2.24, 2.45) is 0 Å². The highest BCUT2D eigenvalue weighted by Crippen LogP contribution is 2.22. The molecule has 0 spiro atoms. The predicted octanol–water partition coefficient (Wildman–Crippen LogP) is 3.77.